The third-order valence-corrected chi connectivity index (χ3v) is 3.66. The van der Waals surface area contributed by atoms with E-state index >= 15 is 0 Å². The molecule has 1 unspecified atom stereocenters. The lowest BCUT2D eigenvalue weighted by Crippen LogP contribution is -2.09. The van der Waals surface area contributed by atoms with Crippen LogP contribution in [0.3, 0.4) is 0 Å². The molecule has 0 radical (unpaired) electrons. The van der Waals surface area contributed by atoms with E-state index in [-0.39, 0.29) is 6.04 Å². The molecule has 94 valence electrons. The largest absolute Gasteiger partial charge is 0.348 e. The summed E-state index contributed by atoms with van der Waals surface area (Å²) in [6.07, 6.45) is 3.36. The minimum atomic E-state index is -0.0302. The Morgan fingerprint density at radius 2 is 1.89 bits per heavy atom. The van der Waals surface area contributed by atoms with E-state index in [1.807, 2.05) is 19.1 Å². The number of aromatic nitrogens is 2. The highest BCUT2D eigenvalue weighted by Crippen LogP contribution is 2.30. The summed E-state index contributed by atoms with van der Waals surface area (Å²) in [7, 11) is 0. The van der Waals surface area contributed by atoms with Gasteiger partial charge in [-0.2, -0.15) is 0 Å². The van der Waals surface area contributed by atoms with Crippen molar-refractivity contribution in [1.29, 1.82) is 0 Å². The molecule has 0 aliphatic rings. The fourth-order valence-electron chi connectivity index (χ4n) is 1.51. The Balaban J connectivity index is 2.19. The lowest BCUT2D eigenvalue weighted by atomic mass is 10.1. The number of hydrogen-bond donors (Lipinski definition) is 1. The molecule has 1 aromatic carbocycles. The lowest BCUT2D eigenvalue weighted by Gasteiger charge is -2.16. The average Bonchev–Trinajstić information content (AvgIpc) is 2.35. The van der Waals surface area contributed by atoms with Crippen molar-refractivity contribution in [3.05, 3.63) is 50.7 Å². The zero-order chi connectivity index (χ0) is 13.1. The van der Waals surface area contributed by atoms with Gasteiger partial charge in [-0.25, -0.2) is 9.97 Å². The summed E-state index contributed by atoms with van der Waals surface area (Å²) >= 11 is 15.4. The summed E-state index contributed by atoms with van der Waals surface area (Å²) in [6, 6.07) is 5.52. The first-order chi connectivity index (χ1) is 8.58. The van der Waals surface area contributed by atoms with Gasteiger partial charge in [0.05, 0.1) is 20.6 Å². The van der Waals surface area contributed by atoms with Crippen LogP contribution in [0.25, 0.3) is 0 Å². The molecular formula is C12H10BrCl2N3. The first kappa shape index (κ1) is 13.6. The standard InChI is InChI=1S/C12H10BrCl2N3/c1-7(9-3-2-4-10(14)11(9)15)18-12-16-5-8(13)6-17-12/h2-7H,1H3,(H,16,17,18). The van der Waals surface area contributed by atoms with Gasteiger partial charge < -0.3 is 5.32 Å². The summed E-state index contributed by atoms with van der Waals surface area (Å²) in [5.74, 6) is 0.543. The molecule has 0 aliphatic carbocycles. The molecule has 0 spiro atoms. The minimum absolute atomic E-state index is 0.0302. The van der Waals surface area contributed by atoms with Gasteiger partial charge >= 0.3 is 0 Å². The molecule has 1 aromatic heterocycles. The van der Waals surface area contributed by atoms with Gasteiger partial charge in [0.25, 0.3) is 0 Å². The number of anilines is 1. The zero-order valence-electron chi connectivity index (χ0n) is 9.49. The van der Waals surface area contributed by atoms with Crippen LogP contribution in [0.4, 0.5) is 5.95 Å². The van der Waals surface area contributed by atoms with Gasteiger partial charge in [0.1, 0.15) is 0 Å². The van der Waals surface area contributed by atoms with Crippen molar-refractivity contribution < 1.29 is 0 Å². The molecule has 18 heavy (non-hydrogen) atoms. The number of rotatable bonds is 3. The maximum atomic E-state index is 6.16. The fraction of sp³-hybridized carbons (Fsp3) is 0.167. The SMILES string of the molecule is CC(Nc1ncc(Br)cn1)c1cccc(Cl)c1Cl. The molecule has 3 nitrogen and oxygen atoms in total. The third-order valence-electron chi connectivity index (χ3n) is 2.41. The van der Waals surface area contributed by atoms with Gasteiger partial charge in [-0.1, -0.05) is 35.3 Å². The van der Waals surface area contributed by atoms with Crippen molar-refractivity contribution in [2.75, 3.05) is 5.32 Å². The quantitative estimate of drug-likeness (QED) is 0.873. The molecule has 6 heteroatoms. The second kappa shape index (κ2) is 5.87. The lowest BCUT2D eigenvalue weighted by molar-refractivity contribution is 0.860. The average molecular weight is 347 g/mol. The zero-order valence-corrected chi connectivity index (χ0v) is 12.6. The highest BCUT2D eigenvalue weighted by Gasteiger charge is 2.12. The summed E-state index contributed by atoms with van der Waals surface area (Å²) in [5, 5.41) is 4.26. The fourth-order valence-corrected chi connectivity index (χ4v) is 2.19. The Hall–Kier alpha value is -0.840. The van der Waals surface area contributed by atoms with Crippen LogP contribution in [-0.4, -0.2) is 9.97 Å². The summed E-state index contributed by atoms with van der Waals surface area (Å²) in [5.41, 5.74) is 0.913. The number of halogens is 3. The molecule has 0 amide bonds. The van der Waals surface area contributed by atoms with Gasteiger partial charge in [0.15, 0.2) is 0 Å². The molecule has 0 saturated heterocycles. The van der Waals surface area contributed by atoms with E-state index < -0.39 is 0 Å². The predicted octanol–water partition coefficient (Wildman–Crippen LogP) is 4.72. The number of hydrogen-bond acceptors (Lipinski definition) is 3. The molecule has 0 bridgehead atoms. The van der Waals surface area contributed by atoms with E-state index in [9.17, 15) is 0 Å². The Morgan fingerprint density at radius 3 is 2.56 bits per heavy atom. The van der Waals surface area contributed by atoms with Gasteiger partial charge in [-0.05, 0) is 34.5 Å². The number of nitrogens with one attached hydrogen (secondary N) is 1. The summed E-state index contributed by atoms with van der Waals surface area (Å²) in [6.45, 7) is 1.98. The van der Waals surface area contributed by atoms with Gasteiger partial charge in [-0.3, -0.25) is 0 Å². The van der Waals surface area contributed by atoms with Gasteiger partial charge in [0.2, 0.25) is 5.95 Å². The van der Waals surface area contributed by atoms with Crippen LogP contribution >= 0.6 is 39.1 Å². The van der Waals surface area contributed by atoms with Crippen LogP contribution in [0, 0.1) is 0 Å². The molecule has 0 fully saturated rings. The summed E-state index contributed by atoms with van der Waals surface area (Å²) < 4.78 is 0.835. The van der Waals surface area contributed by atoms with Crippen LogP contribution in [0.5, 0.6) is 0 Å². The molecule has 2 aromatic rings. The minimum Gasteiger partial charge on any atom is -0.348 e. The maximum Gasteiger partial charge on any atom is 0.223 e. The predicted molar refractivity (Wildman–Crippen MR) is 78.2 cm³/mol. The highest BCUT2D eigenvalue weighted by atomic mass is 79.9. The smallest absolute Gasteiger partial charge is 0.223 e. The Kier molecular flexibility index (Phi) is 4.43. The van der Waals surface area contributed by atoms with Crippen molar-refractivity contribution in [3.8, 4) is 0 Å². The van der Waals surface area contributed by atoms with Crippen LogP contribution in [0.1, 0.15) is 18.5 Å². The Morgan fingerprint density at radius 1 is 1.22 bits per heavy atom. The number of benzene rings is 1. The first-order valence-corrected chi connectivity index (χ1v) is 6.81. The van der Waals surface area contributed by atoms with Crippen LogP contribution in [-0.2, 0) is 0 Å². The van der Waals surface area contributed by atoms with E-state index in [2.05, 4.69) is 31.2 Å². The van der Waals surface area contributed by atoms with Gasteiger partial charge in [-0.15, -0.1) is 0 Å². The van der Waals surface area contributed by atoms with Crippen molar-refractivity contribution in [2.24, 2.45) is 0 Å². The van der Waals surface area contributed by atoms with E-state index in [4.69, 9.17) is 23.2 Å². The van der Waals surface area contributed by atoms with E-state index in [0.717, 1.165) is 10.0 Å². The molecule has 1 atom stereocenters. The Labute approximate surface area is 124 Å². The highest BCUT2D eigenvalue weighted by molar-refractivity contribution is 9.10. The van der Waals surface area contributed by atoms with Gasteiger partial charge in [0, 0.05) is 12.4 Å². The second-order valence-electron chi connectivity index (χ2n) is 3.73. The molecular weight excluding hydrogens is 337 g/mol. The van der Waals surface area contributed by atoms with E-state index in [0.29, 0.717) is 16.0 Å². The van der Waals surface area contributed by atoms with Crippen LogP contribution < -0.4 is 5.32 Å². The molecule has 1 heterocycles. The molecule has 2 rings (SSSR count). The van der Waals surface area contributed by atoms with Crippen molar-refractivity contribution in [1.82, 2.24) is 9.97 Å². The van der Waals surface area contributed by atoms with E-state index in [1.54, 1.807) is 18.5 Å². The maximum absolute atomic E-state index is 6.16. The monoisotopic (exact) mass is 345 g/mol. The molecule has 0 saturated carbocycles. The first-order valence-electron chi connectivity index (χ1n) is 5.26. The summed E-state index contributed by atoms with van der Waals surface area (Å²) in [4.78, 5) is 8.30. The molecule has 1 N–H and O–H groups in total. The van der Waals surface area contributed by atoms with E-state index in [1.165, 1.54) is 0 Å². The topological polar surface area (TPSA) is 37.8 Å². The number of nitrogens with zero attached hydrogens (tertiary/aromatic N) is 2. The third kappa shape index (κ3) is 3.13. The molecule has 0 aliphatic heterocycles. The van der Waals surface area contributed by atoms with Crippen molar-refractivity contribution in [3.63, 3.8) is 0 Å². The van der Waals surface area contributed by atoms with Crippen LogP contribution in [0.2, 0.25) is 10.0 Å². The second-order valence-corrected chi connectivity index (χ2v) is 5.43. The van der Waals surface area contributed by atoms with Crippen LogP contribution in [0.15, 0.2) is 35.1 Å². The van der Waals surface area contributed by atoms with Crippen molar-refractivity contribution >= 4 is 45.1 Å². The Bertz CT molecular complexity index is 546. The normalized spacial score (nSPS) is 12.2. The van der Waals surface area contributed by atoms with Crippen molar-refractivity contribution in [2.45, 2.75) is 13.0 Å².